The number of carbonyl (C=O) groups excluding carboxylic acids is 2. The number of halogens is 4. The predicted octanol–water partition coefficient (Wildman–Crippen LogP) is 2.77. The third-order valence-electron chi connectivity index (χ3n) is 6.26. The molecule has 1 aromatic heterocycles. The van der Waals surface area contributed by atoms with Gasteiger partial charge in [-0.05, 0) is 43.4 Å². The second kappa shape index (κ2) is 9.43. The average Bonchev–Trinajstić information content (AvgIpc) is 3.43. The fraction of sp³-hybridized carbons (Fsp3) is 0.455. The van der Waals surface area contributed by atoms with Crippen molar-refractivity contribution in [1.82, 2.24) is 15.3 Å². The van der Waals surface area contributed by atoms with Gasteiger partial charge in [-0.3, -0.25) is 9.59 Å². The highest BCUT2D eigenvalue weighted by atomic mass is 19.4. The van der Waals surface area contributed by atoms with Crippen molar-refractivity contribution in [2.45, 2.75) is 43.9 Å². The number of amides is 2. The van der Waals surface area contributed by atoms with E-state index in [0.29, 0.717) is 37.9 Å². The molecule has 3 atom stereocenters. The van der Waals surface area contributed by atoms with Crippen LogP contribution in [0, 0.1) is 11.7 Å². The minimum Gasteiger partial charge on any atom is -0.368 e. The van der Waals surface area contributed by atoms with E-state index in [1.165, 1.54) is 12.1 Å². The maximum atomic E-state index is 15.4. The van der Waals surface area contributed by atoms with Gasteiger partial charge >= 0.3 is 6.18 Å². The second-order valence-electron chi connectivity index (χ2n) is 8.44. The number of nitrogens with one attached hydrogen (secondary N) is 2. The van der Waals surface area contributed by atoms with Crippen LogP contribution in [0.5, 0.6) is 0 Å². The van der Waals surface area contributed by atoms with E-state index in [-0.39, 0.29) is 30.0 Å². The fourth-order valence-electron chi connectivity index (χ4n) is 4.49. The van der Waals surface area contributed by atoms with Crippen molar-refractivity contribution in [3.8, 4) is 0 Å². The molecular weight excluding hydrogens is 456 g/mol. The molecule has 12 heteroatoms. The Balaban J connectivity index is 1.55. The lowest BCUT2D eigenvalue weighted by atomic mass is 9.98. The van der Waals surface area contributed by atoms with Gasteiger partial charge in [0.1, 0.15) is 12.4 Å². The van der Waals surface area contributed by atoms with Gasteiger partial charge in [0.15, 0.2) is 11.6 Å². The van der Waals surface area contributed by atoms with E-state index in [4.69, 9.17) is 5.73 Å². The molecule has 0 spiro atoms. The van der Waals surface area contributed by atoms with E-state index >= 15 is 4.39 Å². The molecule has 0 bridgehead atoms. The summed E-state index contributed by atoms with van der Waals surface area (Å²) in [6.45, 7) is 0.946. The van der Waals surface area contributed by atoms with Crippen molar-refractivity contribution in [3.63, 3.8) is 0 Å². The molecule has 8 nitrogen and oxygen atoms in total. The number of anilines is 2. The number of benzene rings is 1. The SMILES string of the molecule is NC(=O)[C@@H](CC1CCNC1=O)Nc1ncnc(N2CCCC2c2ccc(C(F)(F)F)cc2)c1F. The van der Waals surface area contributed by atoms with Crippen molar-refractivity contribution in [2.24, 2.45) is 11.7 Å². The van der Waals surface area contributed by atoms with Crippen molar-refractivity contribution < 1.29 is 27.2 Å². The lowest BCUT2D eigenvalue weighted by Crippen LogP contribution is -2.39. The lowest BCUT2D eigenvalue weighted by Gasteiger charge is -2.27. The molecular formula is C22H24F4N6O2. The Morgan fingerprint density at radius 1 is 1.24 bits per heavy atom. The lowest BCUT2D eigenvalue weighted by molar-refractivity contribution is -0.137. The number of hydrogen-bond acceptors (Lipinski definition) is 6. The van der Waals surface area contributed by atoms with Gasteiger partial charge in [-0.25, -0.2) is 9.97 Å². The van der Waals surface area contributed by atoms with Gasteiger partial charge < -0.3 is 21.3 Å². The number of hydrogen-bond donors (Lipinski definition) is 3. The van der Waals surface area contributed by atoms with Crippen LogP contribution in [0.15, 0.2) is 30.6 Å². The molecule has 182 valence electrons. The number of rotatable bonds is 7. The number of carbonyl (C=O) groups is 2. The Hall–Kier alpha value is -3.44. The van der Waals surface area contributed by atoms with E-state index in [1.807, 2.05) is 0 Å². The third kappa shape index (κ3) is 4.90. The van der Waals surface area contributed by atoms with E-state index in [0.717, 1.165) is 18.5 Å². The molecule has 0 radical (unpaired) electrons. The van der Waals surface area contributed by atoms with Crippen LogP contribution < -0.4 is 21.3 Å². The first kappa shape index (κ1) is 23.7. The quantitative estimate of drug-likeness (QED) is 0.526. The van der Waals surface area contributed by atoms with E-state index in [2.05, 4.69) is 20.6 Å². The largest absolute Gasteiger partial charge is 0.416 e. The number of alkyl halides is 3. The highest BCUT2D eigenvalue weighted by molar-refractivity contribution is 5.85. The molecule has 1 aromatic carbocycles. The monoisotopic (exact) mass is 480 g/mol. The van der Waals surface area contributed by atoms with Crippen LogP contribution in [0.25, 0.3) is 0 Å². The van der Waals surface area contributed by atoms with Crippen LogP contribution in [-0.4, -0.2) is 40.9 Å². The molecule has 2 amide bonds. The zero-order chi connectivity index (χ0) is 24.5. The van der Waals surface area contributed by atoms with Crippen molar-refractivity contribution in [3.05, 3.63) is 47.5 Å². The minimum absolute atomic E-state index is 0.0262. The molecule has 0 saturated carbocycles. The van der Waals surface area contributed by atoms with Gasteiger partial charge in [-0.15, -0.1) is 0 Å². The van der Waals surface area contributed by atoms with Crippen LogP contribution in [-0.2, 0) is 15.8 Å². The highest BCUT2D eigenvalue weighted by Crippen LogP contribution is 2.38. The predicted molar refractivity (Wildman–Crippen MR) is 115 cm³/mol. The molecule has 2 fully saturated rings. The fourth-order valence-corrected chi connectivity index (χ4v) is 4.49. The Bertz CT molecular complexity index is 1060. The molecule has 2 unspecified atom stereocenters. The van der Waals surface area contributed by atoms with Crippen LogP contribution in [0.3, 0.4) is 0 Å². The summed E-state index contributed by atoms with van der Waals surface area (Å²) >= 11 is 0. The van der Waals surface area contributed by atoms with Gasteiger partial charge in [0.2, 0.25) is 17.6 Å². The number of nitrogens with two attached hydrogens (primary N) is 1. The van der Waals surface area contributed by atoms with Gasteiger partial charge in [-0.2, -0.15) is 17.6 Å². The van der Waals surface area contributed by atoms with Gasteiger partial charge in [-0.1, -0.05) is 12.1 Å². The maximum Gasteiger partial charge on any atom is 0.416 e. The number of nitrogens with zero attached hydrogens (tertiary/aromatic N) is 3. The topological polar surface area (TPSA) is 113 Å². The van der Waals surface area contributed by atoms with E-state index in [9.17, 15) is 22.8 Å². The van der Waals surface area contributed by atoms with Crippen LogP contribution in [0.1, 0.15) is 42.9 Å². The molecule has 2 aromatic rings. The molecule has 2 aliphatic heterocycles. The normalized spacial score (nSPS) is 21.4. The molecule has 0 aliphatic carbocycles. The highest BCUT2D eigenvalue weighted by Gasteiger charge is 2.34. The smallest absolute Gasteiger partial charge is 0.368 e. The molecule has 2 saturated heterocycles. The van der Waals surface area contributed by atoms with Gasteiger partial charge in [0.05, 0.1) is 11.6 Å². The van der Waals surface area contributed by atoms with Crippen molar-refractivity contribution in [1.29, 1.82) is 0 Å². The van der Waals surface area contributed by atoms with E-state index in [1.54, 1.807) is 4.90 Å². The summed E-state index contributed by atoms with van der Waals surface area (Å²) in [7, 11) is 0. The standard InChI is InChI=1S/C22H24F4N6O2/c23-17-19(31-15(18(27)33)10-13-7-8-28-21(13)34)29-11-30-20(17)32-9-1-2-16(32)12-3-5-14(6-4-12)22(24,25)26/h3-6,11,13,15-16H,1-2,7-10H2,(H2,27,33)(H,28,34)(H,29,30,31)/t13?,15-,16?/m1/s1. The first-order valence-corrected chi connectivity index (χ1v) is 10.9. The summed E-state index contributed by atoms with van der Waals surface area (Å²) < 4.78 is 54.2. The van der Waals surface area contributed by atoms with Crippen molar-refractivity contribution in [2.75, 3.05) is 23.3 Å². The third-order valence-corrected chi connectivity index (χ3v) is 6.26. The summed E-state index contributed by atoms with van der Waals surface area (Å²) in [5, 5.41) is 5.38. The Morgan fingerprint density at radius 2 is 1.97 bits per heavy atom. The van der Waals surface area contributed by atoms with Crippen molar-refractivity contribution >= 4 is 23.5 Å². The summed E-state index contributed by atoms with van der Waals surface area (Å²) in [6, 6.07) is 3.40. The van der Waals surface area contributed by atoms with Crippen LogP contribution >= 0.6 is 0 Å². The van der Waals surface area contributed by atoms with E-state index < -0.39 is 35.4 Å². The molecule has 34 heavy (non-hydrogen) atoms. The zero-order valence-electron chi connectivity index (χ0n) is 18.1. The maximum absolute atomic E-state index is 15.4. The Kier molecular flexibility index (Phi) is 6.58. The summed E-state index contributed by atoms with van der Waals surface area (Å²) in [5.74, 6) is -2.41. The second-order valence-corrected chi connectivity index (χ2v) is 8.44. The molecule has 2 aliphatic rings. The minimum atomic E-state index is -4.44. The first-order chi connectivity index (χ1) is 16.1. The average molecular weight is 480 g/mol. The molecule has 3 heterocycles. The molecule has 4 rings (SSSR count). The zero-order valence-corrected chi connectivity index (χ0v) is 18.1. The number of aromatic nitrogens is 2. The summed E-state index contributed by atoms with van der Waals surface area (Å²) in [4.78, 5) is 33.5. The van der Waals surface area contributed by atoms with Crippen LogP contribution in [0.4, 0.5) is 29.2 Å². The van der Waals surface area contributed by atoms with Crippen LogP contribution in [0.2, 0.25) is 0 Å². The number of primary amides is 1. The Morgan fingerprint density at radius 3 is 2.59 bits per heavy atom. The van der Waals surface area contributed by atoms with Gasteiger partial charge in [0, 0.05) is 19.0 Å². The first-order valence-electron chi connectivity index (χ1n) is 10.9. The summed E-state index contributed by atoms with van der Waals surface area (Å²) in [6.07, 6.45) is -1.36. The molecule has 4 N–H and O–H groups in total. The summed E-state index contributed by atoms with van der Waals surface area (Å²) in [5.41, 5.74) is 5.33. The van der Waals surface area contributed by atoms with Gasteiger partial charge in [0.25, 0.3) is 0 Å². The Labute approximate surface area is 192 Å².